The Labute approximate surface area is 115 Å². The van der Waals surface area contributed by atoms with Crippen LogP contribution in [0.15, 0.2) is 12.1 Å². The number of hydrogen-bond donors (Lipinski definition) is 1. The lowest BCUT2D eigenvalue weighted by atomic mass is 10.3. The second-order valence-electron chi connectivity index (χ2n) is 5.43. The molecule has 0 spiro atoms. The number of thiophene rings is 1. The summed E-state index contributed by atoms with van der Waals surface area (Å²) in [6, 6.07) is 4.44. The Kier molecular flexibility index (Phi) is 5.67. The number of nitrogens with zero attached hydrogens (tertiary/aromatic N) is 1. The van der Waals surface area contributed by atoms with Crippen molar-refractivity contribution in [2.75, 3.05) is 26.2 Å². The van der Waals surface area contributed by atoms with Crippen LogP contribution in [0.3, 0.4) is 0 Å². The lowest BCUT2D eigenvalue weighted by molar-refractivity contribution is 0.263. The monoisotopic (exact) mass is 266 g/mol. The van der Waals surface area contributed by atoms with Gasteiger partial charge in [0.25, 0.3) is 0 Å². The van der Waals surface area contributed by atoms with Crippen LogP contribution in [0, 0.1) is 12.8 Å². The standard InChI is InChI=1S/C15H26N2S/c1-3-9-17(12-14-5-6-14)10-8-16-11-15-7-4-13(2)18-15/h4,7,14,16H,3,5-6,8-12H2,1-2H3. The van der Waals surface area contributed by atoms with Crippen molar-refractivity contribution in [1.29, 1.82) is 0 Å². The summed E-state index contributed by atoms with van der Waals surface area (Å²) in [5.74, 6) is 1.01. The highest BCUT2D eigenvalue weighted by atomic mass is 32.1. The van der Waals surface area contributed by atoms with Crippen molar-refractivity contribution in [2.24, 2.45) is 5.92 Å². The number of hydrogen-bond acceptors (Lipinski definition) is 3. The Morgan fingerprint density at radius 3 is 2.78 bits per heavy atom. The van der Waals surface area contributed by atoms with E-state index in [-0.39, 0.29) is 0 Å². The van der Waals surface area contributed by atoms with Crippen LogP contribution in [0.5, 0.6) is 0 Å². The summed E-state index contributed by atoms with van der Waals surface area (Å²) in [7, 11) is 0. The van der Waals surface area contributed by atoms with Crippen LogP contribution in [-0.4, -0.2) is 31.1 Å². The van der Waals surface area contributed by atoms with Crippen molar-refractivity contribution in [2.45, 2.75) is 39.7 Å². The van der Waals surface area contributed by atoms with Gasteiger partial charge in [0.15, 0.2) is 0 Å². The Bertz CT molecular complexity index is 344. The van der Waals surface area contributed by atoms with Gasteiger partial charge in [-0.1, -0.05) is 6.92 Å². The average Bonchev–Trinajstić information content (AvgIpc) is 3.06. The Balaban J connectivity index is 1.60. The summed E-state index contributed by atoms with van der Waals surface area (Å²) >= 11 is 1.90. The highest BCUT2D eigenvalue weighted by Crippen LogP contribution is 2.29. The maximum Gasteiger partial charge on any atom is 0.0300 e. The molecule has 1 heterocycles. The van der Waals surface area contributed by atoms with Gasteiger partial charge in [-0.05, 0) is 50.8 Å². The van der Waals surface area contributed by atoms with E-state index in [1.54, 1.807) is 0 Å². The fraction of sp³-hybridized carbons (Fsp3) is 0.733. The van der Waals surface area contributed by atoms with E-state index in [2.05, 4.69) is 36.2 Å². The number of nitrogens with one attached hydrogen (secondary N) is 1. The molecule has 0 aromatic carbocycles. The minimum absolute atomic E-state index is 1.01. The fourth-order valence-corrected chi connectivity index (χ4v) is 3.17. The molecule has 1 aliphatic carbocycles. The molecule has 1 aromatic rings. The maximum atomic E-state index is 3.57. The van der Waals surface area contributed by atoms with Crippen molar-refractivity contribution < 1.29 is 0 Å². The van der Waals surface area contributed by atoms with Crippen LogP contribution < -0.4 is 5.32 Å². The predicted molar refractivity (Wildman–Crippen MR) is 80.2 cm³/mol. The molecule has 102 valence electrons. The Morgan fingerprint density at radius 1 is 1.33 bits per heavy atom. The van der Waals surface area contributed by atoms with Gasteiger partial charge in [0.1, 0.15) is 0 Å². The first kappa shape index (κ1) is 14.0. The first-order valence-electron chi connectivity index (χ1n) is 7.26. The molecule has 2 rings (SSSR count). The van der Waals surface area contributed by atoms with E-state index in [0.717, 1.165) is 19.0 Å². The maximum absolute atomic E-state index is 3.57. The molecule has 0 amide bonds. The second kappa shape index (κ2) is 7.27. The summed E-state index contributed by atoms with van der Waals surface area (Å²) in [5, 5.41) is 3.57. The molecule has 0 aliphatic heterocycles. The van der Waals surface area contributed by atoms with Crippen molar-refractivity contribution in [3.05, 3.63) is 21.9 Å². The molecule has 1 aliphatic rings. The largest absolute Gasteiger partial charge is 0.311 e. The van der Waals surface area contributed by atoms with Gasteiger partial charge < -0.3 is 10.2 Å². The highest BCUT2D eigenvalue weighted by Gasteiger charge is 2.23. The van der Waals surface area contributed by atoms with Crippen LogP contribution in [0.25, 0.3) is 0 Å². The van der Waals surface area contributed by atoms with E-state index in [0.29, 0.717) is 0 Å². The van der Waals surface area contributed by atoms with E-state index in [1.807, 2.05) is 11.3 Å². The molecule has 1 fully saturated rings. The molecule has 0 unspecified atom stereocenters. The second-order valence-corrected chi connectivity index (χ2v) is 6.81. The van der Waals surface area contributed by atoms with Gasteiger partial charge in [-0.15, -0.1) is 11.3 Å². The average molecular weight is 266 g/mol. The first-order chi connectivity index (χ1) is 8.78. The van der Waals surface area contributed by atoms with Crippen molar-refractivity contribution in [3.8, 4) is 0 Å². The molecule has 3 heteroatoms. The minimum Gasteiger partial charge on any atom is -0.311 e. The summed E-state index contributed by atoms with van der Waals surface area (Å²) in [5.41, 5.74) is 0. The van der Waals surface area contributed by atoms with E-state index < -0.39 is 0 Å². The molecule has 1 aromatic heterocycles. The van der Waals surface area contributed by atoms with Gasteiger partial charge >= 0.3 is 0 Å². The van der Waals surface area contributed by atoms with Crippen molar-refractivity contribution in [1.82, 2.24) is 10.2 Å². The first-order valence-corrected chi connectivity index (χ1v) is 8.08. The molecule has 18 heavy (non-hydrogen) atoms. The van der Waals surface area contributed by atoms with Crippen LogP contribution >= 0.6 is 11.3 Å². The van der Waals surface area contributed by atoms with Gasteiger partial charge in [-0.3, -0.25) is 0 Å². The molecule has 0 atom stereocenters. The van der Waals surface area contributed by atoms with E-state index in [1.165, 1.54) is 48.7 Å². The fourth-order valence-electron chi connectivity index (χ4n) is 2.31. The third-order valence-corrected chi connectivity index (χ3v) is 4.45. The van der Waals surface area contributed by atoms with Crippen molar-refractivity contribution in [3.63, 3.8) is 0 Å². The van der Waals surface area contributed by atoms with Crippen LogP contribution in [0.1, 0.15) is 35.9 Å². The van der Waals surface area contributed by atoms with E-state index >= 15 is 0 Å². The molecule has 0 radical (unpaired) electrons. The minimum atomic E-state index is 1.01. The molecule has 1 saturated carbocycles. The van der Waals surface area contributed by atoms with Crippen molar-refractivity contribution >= 4 is 11.3 Å². The van der Waals surface area contributed by atoms with Gasteiger partial charge in [0, 0.05) is 35.9 Å². The highest BCUT2D eigenvalue weighted by molar-refractivity contribution is 7.11. The zero-order valence-corrected chi connectivity index (χ0v) is 12.6. The van der Waals surface area contributed by atoms with Crippen LogP contribution in [0.2, 0.25) is 0 Å². The summed E-state index contributed by atoms with van der Waals surface area (Å²) in [6.45, 7) is 10.4. The lowest BCUT2D eigenvalue weighted by Crippen LogP contribution is -2.34. The van der Waals surface area contributed by atoms with Gasteiger partial charge in [0.05, 0.1) is 0 Å². The van der Waals surface area contributed by atoms with Gasteiger partial charge in [-0.25, -0.2) is 0 Å². The van der Waals surface area contributed by atoms with E-state index in [4.69, 9.17) is 0 Å². The lowest BCUT2D eigenvalue weighted by Gasteiger charge is -2.21. The summed E-state index contributed by atoms with van der Waals surface area (Å²) < 4.78 is 0. The SMILES string of the molecule is CCCN(CCNCc1ccc(C)s1)CC1CC1. The quantitative estimate of drug-likeness (QED) is 0.690. The van der Waals surface area contributed by atoms with Crippen LogP contribution in [-0.2, 0) is 6.54 Å². The molecule has 2 nitrogen and oxygen atoms in total. The smallest absolute Gasteiger partial charge is 0.0300 e. The third kappa shape index (κ3) is 5.09. The van der Waals surface area contributed by atoms with E-state index in [9.17, 15) is 0 Å². The van der Waals surface area contributed by atoms with Gasteiger partial charge in [0.2, 0.25) is 0 Å². The topological polar surface area (TPSA) is 15.3 Å². The van der Waals surface area contributed by atoms with Gasteiger partial charge in [-0.2, -0.15) is 0 Å². The molecular weight excluding hydrogens is 240 g/mol. The molecular formula is C15H26N2S. The predicted octanol–water partition coefficient (Wildman–Crippen LogP) is 3.27. The molecule has 1 N–H and O–H groups in total. The summed E-state index contributed by atoms with van der Waals surface area (Å²) in [6.07, 6.45) is 4.20. The third-order valence-electron chi connectivity index (χ3n) is 3.45. The number of aryl methyl sites for hydroxylation is 1. The zero-order chi connectivity index (χ0) is 12.8. The molecule has 0 bridgehead atoms. The molecule has 0 saturated heterocycles. The normalized spacial score (nSPS) is 15.5. The Hall–Kier alpha value is -0.380. The summed E-state index contributed by atoms with van der Waals surface area (Å²) in [4.78, 5) is 5.49. The Morgan fingerprint density at radius 2 is 2.17 bits per heavy atom. The van der Waals surface area contributed by atoms with Crippen LogP contribution in [0.4, 0.5) is 0 Å². The zero-order valence-electron chi connectivity index (χ0n) is 11.7. The number of rotatable bonds is 9.